The molecule has 1 heterocycles. The fourth-order valence-electron chi connectivity index (χ4n) is 3.72. The van der Waals surface area contributed by atoms with E-state index in [9.17, 15) is 19.6 Å². The minimum atomic E-state index is -1.31. The molecule has 2 rings (SSSR count). The lowest BCUT2D eigenvalue weighted by Gasteiger charge is -2.34. The van der Waals surface area contributed by atoms with E-state index in [0.29, 0.717) is 19.4 Å². The van der Waals surface area contributed by atoms with Gasteiger partial charge in [0.05, 0.1) is 6.07 Å². The Morgan fingerprint density at radius 1 is 1.11 bits per heavy atom. The van der Waals surface area contributed by atoms with Crippen molar-refractivity contribution >= 4 is 17.8 Å². The van der Waals surface area contributed by atoms with E-state index in [2.05, 4.69) is 5.32 Å². The van der Waals surface area contributed by atoms with Crippen LogP contribution in [0.1, 0.15) is 65.7 Å². The number of carbonyl (C=O) groups excluding carboxylic acids is 3. The van der Waals surface area contributed by atoms with Gasteiger partial charge in [-0.3, -0.25) is 9.59 Å². The minimum Gasteiger partial charge on any atom is -0.444 e. The van der Waals surface area contributed by atoms with Crippen LogP contribution >= 0.6 is 0 Å². The number of hydrogen-bond acceptors (Lipinski definition) is 5. The van der Waals surface area contributed by atoms with Gasteiger partial charge in [-0.2, -0.15) is 5.26 Å². The maximum absolute atomic E-state index is 12.8. The van der Waals surface area contributed by atoms with E-state index < -0.39 is 29.4 Å². The number of nitrogens with zero attached hydrogens (tertiary/aromatic N) is 2. The molecule has 2 fully saturated rings. The van der Waals surface area contributed by atoms with Crippen LogP contribution in [0.4, 0.5) is 4.79 Å². The first-order chi connectivity index (χ1) is 12.7. The van der Waals surface area contributed by atoms with Crippen LogP contribution in [-0.4, -0.2) is 47.4 Å². The number of Topliss-reactive ketones (excluding diaryl/α,β-unsaturated/α-hetero) is 1. The summed E-state index contributed by atoms with van der Waals surface area (Å²) >= 11 is 0. The van der Waals surface area contributed by atoms with E-state index in [1.807, 2.05) is 6.07 Å². The molecule has 7 nitrogen and oxygen atoms in total. The summed E-state index contributed by atoms with van der Waals surface area (Å²) in [5.74, 6) is -2.70. The van der Waals surface area contributed by atoms with Crippen molar-refractivity contribution in [3.05, 3.63) is 0 Å². The monoisotopic (exact) mass is 377 g/mol. The predicted molar refractivity (Wildman–Crippen MR) is 99.7 cm³/mol. The number of amides is 2. The van der Waals surface area contributed by atoms with Crippen molar-refractivity contribution in [2.45, 2.75) is 77.4 Å². The highest BCUT2D eigenvalue weighted by atomic mass is 16.6. The van der Waals surface area contributed by atoms with Gasteiger partial charge < -0.3 is 15.0 Å². The third-order valence-electron chi connectivity index (χ3n) is 5.10. The number of ether oxygens (including phenoxy) is 1. The fourth-order valence-corrected chi connectivity index (χ4v) is 3.72. The second-order valence-electron chi connectivity index (χ2n) is 8.57. The van der Waals surface area contributed by atoms with Crippen LogP contribution < -0.4 is 5.32 Å². The number of nitriles is 1. The van der Waals surface area contributed by atoms with Crippen LogP contribution in [0.5, 0.6) is 0 Å². The van der Waals surface area contributed by atoms with E-state index in [4.69, 9.17) is 4.74 Å². The molecule has 27 heavy (non-hydrogen) atoms. The predicted octanol–water partition coefficient (Wildman–Crippen LogP) is 2.79. The summed E-state index contributed by atoms with van der Waals surface area (Å²) in [4.78, 5) is 39.0. The van der Waals surface area contributed by atoms with Gasteiger partial charge in [0.2, 0.25) is 5.91 Å². The molecule has 2 amide bonds. The Labute approximate surface area is 161 Å². The normalized spacial score (nSPS) is 22.4. The highest BCUT2D eigenvalue weighted by Gasteiger charge is 2.37. The molecule has 2 aliphatic rings. The summed E-state index contributed by atoms with van der Waals surface area (Å²) in [6.45, 7) is 6.09. The minimum absolute atomic E-state index is 0.0551. The van der Waals surface area contributed by atoms with Crippen LogP contribution in [-0.2, 0) is 14.3 Å². The topological polar surface area (TPSA) is 99.5 Å². The average molecular weight is 377 g/mol. The molecule has 2 atom stereocenters. The maximum Gasteiger partial charge on any atom is 0.410 e. The summed E-state index contributed by atoms with van der Waals surface area (Å²) in [5, 5.41) is 12.3. The molecular formula is C20H31N3O4. The molecule has 0 spiro atoms. The summed E-state index contributed by atoms with van der Waals surface area (Å²) in [7, 11) is 0. The summed E-state index contributed by atoms with van der Waals surface area (Å²) < 4.78 is 5.37. The van der Waals surface area contributed by atoms with Crippen LogP contribution in [0.25, 0.3) is 0 Å². The summed E-state index contributed by atoms with van der Waals surface area (Å²) in [6, 6.07) is 1.93. The van der Waals surface area contributed by atoms with Crippen molar-refractivity contribution in [3.63, 3.8) is 0 Å². The second-order valence-corrected chi connectivity index (χ2v) is 8.57. The second kappa shape index (κ2) is 9.20. The molecule has 1 N–H and O–H groups in total. The molecule has 0 radical (unpaired) electrons. The molecule has 1 aliphatic heterocycles. The first-order valence-corrected chi connectivity index (χ1v) is 9.93. The van der Waals surface area contributed by atoms with E-state index >= 15 is 0 Å². The lowest BCUT2D eigenvalue weighted by molar-refractivity contribution is -0.135. The number of nitrogens with one attached hydrogen (secondary N) is 1. The highest BCUT2D eigenvalue weighted by Crippen LogP contribution is 2.23. The van der Waals surface area contributed by atoms with Gasteiger partial charge in [-0.05, 0) is 46.5 Å². The third-order valence-corrected chi connectivity index (χ3v) is 5.10. The fraction of sp³-hybridized carbons (Fsp3) is 0.800. The Kier molecular flexibility index (Phi) is 7.23. The van der Waals surface area contributed by atoms with Gasteiger partial charge in [0, 0.05) is 25.0 Å². The van der Waals surface area contributed by atoms with Crippen molar-refractivity contribution in [1.29, 1.82) is 5.26 Å². The molecule has 1 aliphatic carbocycles. The Morgan fingerprint density at radius 2 is 1.78 bits per heavy atom. The van der Waals surface area contributed by atoms with E-state index in [1.165, 1.54) is 4.90 Å². The van der Waals surface area contributed by atoms with Gasteiger partial charge in [-0.15, -0.1) is 0 Å². The quantitative estimate of drug-likeness (QED) is 0.760. The number of carbonyl (C=O) groups is 3. The van der Waals surface area contributed by atoms with Crippen molar-refractivity contribution in [2.75, 3.05) is 13.1 Å². The standard InChI is InChI=1S/C20H31N3O4/c1-20(2,3)27-19(26)23-11-7-8-14(13-23)17(24)16(12-21)18(25)22-15-9-5-4-6-10-15/h14-16H,4-11,13H2,1-3H3,(H,22,25)/t14-,16-/m1/s1. The maximum atomic E-state index is 12.8. The van der Waals surface area contributed by atoms with Gasteiger partial charge in [0.25, 0.3) is 0 Å². The Balaban J connectivity index is 1.96. The average Bonchev–Trinajstić information content (AvgIpc) is 2.61. The lowest BCUT2D eigenvalue weighted by atomic mass is 9.86. The number of ketones is 1. The lowest BCUT2D eigenvalue weighted by Crippen LogP contribution is -2.48. The van der Waals surface area contributed by atoms with Crippen LogP contribution in [0.3, 0.4) is 0 Å². The zero-order valence-electron chi connectivity index (χ0n) is 16.6. The molecule has 0 aromatic rings. The molecular weight excluding hydrogens is 346 g/mol. The first kappa shape index (κ1) is 21.2. The first-order valence-electron chi connectivity index (χ1n) is 9.93. The highest BCUT2D eigenvalue weighted by molar-refractivity contribution is 6.05. The smallest absolute Gasteiger partial charge is 0.410 e. The van der Waals surface area contributed by atoms with Gasteiger partial charge in [0.15, 0.2) is 11.7 Å². The Bertz CT molecular complexity index is 599. The van der Waals surface area contributed by atoms with Crippen molar-refractivity contribution < 1.29 is 19.1 Å². The number of hydrogen-bond donors (Lipinski definition) is 1. The molecule has 0 aromatic heterocycles. The van der Waals surface area contributed by atoms with Crippen molar-refractivity contribution in [3.8, 4) is 6.07 Å². The zero-order chi connectivity index (χ0) is 20.0. The van der Waals surface area contributed by atoms with Gasteiger partial charge in [-0.25, -0.2) is 4.79 Å². The van der Waals surface area contributed by atoms with Crippen molar-refractivity contribution in [2.24, 2.45) is 11.8 Å². The zero-order valence-corrected chi connectivity index (χ0v) is 16.6. The van der Waals surface area contributed by atoms with Crippen LogP contribution in [0.15, 0.2) is 0 Å². The molecule has 0 unspecified atom stereocenters. The molecule has 0 bridgehead atoms. The number of likely N-dealkylation sites (tertiary alicyclic amines) is 1. The summed E-state index contributed by atoms with van der Waals surface area (Å²) in [5.41, 5.74) is -0.608. The molecule has 0 aromatic carbocycles. The largest absolute Gasteiger partial charge is 0.444 e. The van der Waals surface area contributed by atoms with Crippen molar-refractivity contribution in [1.82, 2.24) is 10.2 Å². The Hall–Kier alpha value is -2.10. The molecule has 1 saturated heterocycles. The van der Waals surface area contributed by atoms with Crippen LogP contribution in [0.2, 0.25) is 0 Å². The third kappa shape index (κ3) is 6.23. The molecule has 150 valence electrons. The Morgan fingerprint density at radius 3 is 2.37 bits per heavy atom. The number of piperidine rings is 1. The summed E-state index contributed by atoms with van der Waals surface area (Å²) in [6.07, 6.45) is 5.84. The van der Waals surface area contributed by atoms with Crippen LogP contribution in [0, 0.1) is 23.2 Å². The van der Waals surface area contributed by atoms with E-state index in [0.717, 1.165) is 32.1 Å². The van der Waals surface area contributed by atoms with Gasteiger partial charge in [-0.1, -0.05) is 19.3 Å². The van der Waals surface area contributed by atoms with E-state index in [1.54, 1.807) is 20.8 Å². The number of rotatable bonds is 4. The molecule has 7 heteroatoms. The SMILES string of the molecule is CC(C)(C)OC(=O)N1CCC[C@@H](C(=O)[C@@H](C#N)C(=O)NC2CCCCC2)C1. The van der Waals surface area contributed by atoms with Gasteiger partial charge in [0.1, 0.15) is 5.60 Å². The van der Waals surface area contributed by atoms with Gasteiger partial charge >= 0.3 is 6.09 Å². The molecule has 1 saturated carbocycles. The van der Waals surface area contributed by atoms with E-state index in [-0.39, 0.29) is 18.4 Å².